The van der Waals surface area contributed by atoms with Gasteiger partial charge in [0.05, 0.1) is 6.10 Å². The summed E-state index contributed by atoms with van der Waals surface area (Å²) in [7, 11) is 0. The van der Waals surface area contributed by atoms with Gasteiger partial charge in [-0.25, -0.2) is 0 Å². The Balaban J connectivity index is 1.01. The van der Waals surface area contributed by atoms with Gasteiger partial charge in [0, 0.05) is 5.54 Å². The standard InChI is InChI=1S/C31H53NO2/c33-29(21-34-28-19-9-5-2-6-10-20-28)32-31-22-30(23-31,24-31)27-17-11-15-26(16-12-18-27)25-13-7-3-1-4-8-14-25/h25-28H,1-24H2,(H,32,33). The molecule has 0 unspecified atom stereocenters. The molecule has 6 saturated carbocycles. The third kappa shape index (κ3) is 6.04. The number of carbonyl (C=O) groups excluding carboxylic acids is 1. The molecule has 1 amide bonds. The van der Waals surface area contributed by atoms with Crippen LogP contribution in [0.3, 0.4) is 0 Å². The van der Waals surface area contributed by atoms with Crippen LogP contribution >= 0.6 is 0 Å². The van der Waals surface area contributed by atoms with Crippen molar-refractivity contribution in [1.82, 2.24) is 5.32 Å². The Morgan fingerprint density at radius 2 is 1.09 bits per heavy atom. The van der Waals surface area contributed by atoms with E-state index in [2.05, 4.69) is 5.32 Å². The van der Waals surface area contributed by atoms with E-state index in [0.717, 1.165) is 30.6 Å². The highest BCUT2D eigenvalue weighted by Gasteiger charge is 2.70. The maximum atomic E-state index is 12.6. The van der Waals surface area contributed by atoms with E-state index in [4.69, 9.17) is 4.74 Å². The number of carbonyl (C=O) groups is 1. The average molecular weight is 472 g/mol. The SMILES string of the molecule is O=C(COC1CCCCCCC1)NC12CC(C3CCCC(C4CCCCCCC4)CCC3)(C1)C2. The molecule has 34 heavy (non-hydrogen) atoms. The first-order valence-corrected chi connectivity index (χ1v) is 15.6. The molecular weight excluding hydrogens is 418 g/mol. The molecule has 0 aromatic heterocycles. The molecular formula is C31H53NO2. The topological polar surface area (TPSA) is 38.3 Å². The average Bonchev–Trinajstić information content (AvgIpc) is 2.70. The lowest BCUT2D eigenvalue weighted by Crippen LogP contribution is -2.76. The van der Waals surface area contributed by atoms with Gasteiger partial charge in [0.1, 0.15) is 6.61 Å². The molecule has 3 nitrogen and oxygen atoms in total. The fourth-order valence-electron chi connectivity index (χ4n) is 9.13. The van der Waals surface area contributed by atoms with Crippen LogP contribution in [-0.2, 0) is 9.53 Å². The van der Waals surface area contributed by atoms with Gasteiger partial charge in [0.25, 0.3) is 0 Å². The Morgan fingerprint density at radius 1 is 0.618 bits per heavy atom. The third-order valence-electron chi connectivity index (χ3n) is 10.9. The molecule has 0 radical (unpaired) electrons. The summed E-state index contributed by atoms with van der Waals surface area (Å²) < 4.78 is 6.05. The second kappa shape index (κ2) is 11.7. The number of nitrogens with one attached hydrogen (secondary N) is 1. The summed E-state index contributed by atoms with van der Waals surface area (Å²) in [5.74, 6) is 3.14. The van der Waals surface area contributed by atoms with E-state index in [1.54, 1.807) is 0 Å². The number of ether oxygens (including phenoxy) is 1. The molecule has 0 aliphatic heterocycles. The number of hydrogen-bond acceptors (Lipinski definition) is 2. The summed E-state index contributed by atoms with van der Waals surface area (Å²) >= 11 is 0. The normalized spacial score (nSPS) is 38.6. The van der Waals surface area contributed by atoms with Crippen molar-refractivity contribution in [2.45, 2.75) is 159 Å². The molecule has 6 rings (SSSR count). The number of rotatable bonds is 6. The van der Waals surface area contributed by atoms with E-state index in [1.807, 2.05) is 0 Å². The highest BCUT2D eigenvalue weighted by molar-refractivity contribution is 5.78. The molecule has 6 aliphatic carbocycles. The highest BCUT2D eigenvalue weighted by Crippen LogP contribution is 2.72. The first-order valence-electron chi connectivity index (χ1n) is 15.6. The van der Waals surface area contributed by atoms with Crippen molar-refractivity contribution in [3.8, 4) is 0 Å². The largest absolute Gasteiger partial charge is 0.368 e. The summed E-state index contributed by atoms with van der Waals surface area (Å²) in [4.78, 5) is 12.6. The molecule has 194 valence electrons. The predicted octanol–water partition coefficient (Wildman–Crippen LogP) is 8.10. The van der Waals surface area contributed by atoms with Crippen molar-refractivity contribution >= 4 is 5.91 Å². The van der Waals surface area contributed by atoms with Crippen LogP contribution in [0.2, 0.25) is 0 Å². The van der Waals surface area contributed by atoms with Crippen LogP contribution in [-0.4, -0.2) is 24.2 Å². The van der Waals surface area contributed by atoms with Gasteiger partial charge in [-0.3, -0.25) is 4.79 Å². The van der Waals surface area contributed by atoms with E-state index in [-0.39, 0.29) is 18.1 Å². The lowest BCUT2D eigenvalue weighted by molar-refractivity contribution is -0.199. The molecule has 0 aromatic carbocycles. The minimum Gasteiger partial charge on any atom is -0.368 e. The predicted molar refractivity (Wildman–Crippen MR) is 140 cm³/mol. The van der Waals surface area contributed by atoms with Crippen LogP contribution in [0.1, 0.15) is 148 Å². The molecule has 6 fully saturated rings. The fourth-order valence-corrected chi connectivity index (χ4v) is 9.13. The Hall–Kier alpha value is -0.570. The quantitative estimate of drug-likeness (QED) is 0.425. The van der Waals surface area contributed by atoms with E-state index in [9.17, 15) is 4.79 Å². The zero-order valence-electron chi connectivity index (χ0n) is 22.1. The van der Waals surface area contributed by atoms with Crippen LogP contribution in [0.25, 0.3) is 0 Å². The first-order chi connectivity index (χ1) is 16.7. The van der Waals surface area contributed by atoms with Gasteiger partial charge >= 0.3 is 0 Å². The zero-order chi connectivity index (χ0) is 23.3. The van der Waals surface area contributed by atoms with E-state index in [1.165, 1.54) is 135 Å². The molecule has 0 aromatic rings. The van der Waals surface area contributed by atoms with E-state index < -0.39 is 0 Å². The van der Waals surface area contributed by atoms with Crippen molar-refractivity contribution in [2.75, 3.05) is 6.61 Å². The second-order valence-corrected chi connectivity index (χ2v) is 13.4. The van der Waals surface area contributed by atoms with Crippen molar-refractivity contribution in [3.05, 3.63) is 0 Å². The van der Waals surface area contributed by atoms with Crippen LogP contribution in [0.4, 0.5) is 0 Å². The number of hydrogen-bond donors (Lipinski definition) is 1. The summed E-state index contributed by atoms with van der Waals surface area (Å²) in [6.45, 7) is 0.283. The second-order valence-electron chi connectivity index (χ2n) is 13.4. The van der Waals surface area contributed by atoms with E-state index >= 15 is 0 Å². The Morgan fingerprint density at radius 3 is 1.65 bits per heavy atom. The molecule has 0 spiro atoms. The molecule has 2 bridgehead atoms. The Labute approximate surface area is 209 Å². The molecule has 6 aliphatic rings. The number of amides is 1. The smallest absolute Gasteiger partial charge is 0.246 e. The summed E-state index contributed by atoms with van der Waals surface area (Å²) in [5.41, 5.74) is 0.728. The van der Waals surface area contributed by atoms with Gasteiger partial charge in [0.15, 0.2) is 0 Å². The minimum absolute atomic E-state index is 0.144. The van der Waals surface area contributed by atoms with Crippen molar-refractivity contribution in [2.24, 2.45) is 23.2 Å². The maximum absolute atomic E-state index is 12.6. The molecule has 0 heterocycles. The van der Waals surface area contributed by atoms with Crippen LogP contribution in [0.5, 0.6) is 0 Å². The van der Waals surface area contributed by atoms with Gasteiger partial charge in [0.2, 0.25) is 5.91 Å². The van der Waals surface area contributed by atoms with E-state index in [0.29, 0.717) is 11.5 Å². The van der Waals surface area contributed by atoms with Crippen LogP contribution in [0.15, 0.2) is 0 Å². The van der Waals surface area contributed by atoms with Crippen LogP contribution < -0.4 is 5.32 Å². The molecule has 0 saturated heterocycles. The van der Waals surface area contributed by atoms with Crippen LogP contribution in [0, 0.1) is 23.2 Å². The lowest BCUT2D eigenvalue weighted by Gasteiger charge is -2.73. The fraction of sp³-hybridized carbons (Fsp3) is 0.968. The van der Waals surface area contributed by atoms with Crippen molar-refractivity contribution in [3.63, 3.8) is 0 Å². The van der Waals surface area contributed by atoms with Gasteiger partial charge in [-0.15, -0.1) is 0 Å². The maximum Gasteiger partial charge on any atom is 0.246 e. The first kappa shape index (κ1) is 25.1. The minimum atomic E-state index is 0.144. The molecule has 3 heteroatoms. The molecule has 1 N–H and O–H groups in total. The highest BCUT2D eigenvalue weighted by atomic mass is 16.5. The monoisotopic (exact) mass is 471 g/mol. The summed E-state index contributed by atoms with van der Waals surface area (Å²) in [6.07, 6.45) is 32.2. The van der Waals surface area contributed by atoms with Gasteiger partial charge in [-0.05, 0) is 68.1 Å². The van der Waals surface area contributed by atoms with Crippen molar-refractivity contribution < 1.29 is 9.53 Å². The summed E-state index contributed by atoms with van der Waals surface area (Å²) in [6, 6.07) is 0. The lowest BCUT2D eigenvalue weighted by atomic mass is 9.35. The van der Waals surface area contributed by atoms with Gasteiger partial charge in [-0.2, -0.15) is 0 Å². The van der Waals surface area contributed by atoms with Gasteiger partial charge in [-0.1, -0.05) is 103 Å². The Bertz CT molecular complexity index is 614. The molecule has 0 atom stereocenters. The van der Waals surface area contributed by atoms with Crippen molar-refractivity contribution in [1.29, 1.82) is 0 Å². The third-order valence-corrected chi connectivity index (χ3v) is 10.9. The van der Waals surface area contributed by atoms with Gasteiger partial charge < -0.3 is 10.1 Å². The Kier molecular flexibility index (Phi) is 8.60. The summed E-state index contributed by atoms with van der Waals surface area (Å²) in [5, 5.41) is 3.42. The zero-order valence-corrected chi connectivity index (χ0v) is 22.1.